The highest BCUT2D eigenvalue weighted by Crippen LogP contribution is 2.13. The Kier molecular flexibility index (Phi) is 4.34. The molecule has 0 unspecified atom stereocenters. The van der Waals surface area contributed by atoms with E-state index in [0.29, 0.717) is 16.3 Å². The molecule has 0 aliphatic heterocycles. The maximum absolute atomic E-state index is 11.9. The Morgan fingerprint density at radius 2 is 1.35 bits per heavy atom. The lowest BCUT2D eigenvalue weighted by molar-refractivity contribution is 0.0706. The summed E-state index contributed by atoms with van der Waals surface area (Å²) in [6.07, 6.45) is 0. The maximum atomic E-state index is 11.9. The Balaban J connectivity index is 2.08. The number of benzene rings is 2. The Bertz CT molecular complexity index is 624. The van der Waals surface area contributed by atoms with Gasteiger partial charge in [-0.15, -0.1) is 0 Å². The van der Waals surface area contributed by atoms with Gasteiger partial charge >= 0.3 is 0 Å². The fraction of sp³-hybridized carbons (Fsp3) is 0. The van der Waals surface area contributed by atoms with E-state index in [-0.39, 0.29) is 11.5 Å². The van der Waals surface area contributed by atoms with Crippen LogP contribution in [0.1, 0.15) is 20.7 Å². The fourth-order valence-electron chi connectivity index (χ4n) is 1.57. The number of nitrogens with one attached hydrogen (secondary N) is 2. The van der Waals surface area contributed by atoms with Gasteiger partial charge in [0.05, 0.1) is 0 Å². The number of amides is 2. The van der Waals surface area contributed by atoms with Crippen LogP contribution in [0, 0.1) is 0 Å². The van der Waals surface area contributed by atoms with Crippen molar-refractivity contribution in [3.63, 3.8) is 0 Å². The minimum Gasteiger partial charge on any atom is -0.322 e. The lowest BCUT2D eigenvalue weighted by Gasteiger charge is -2.06. The van der Waals surface area contributed by atoms with Crippen molar-refractivity contribution in [1.29, 1.82) is 0 Å². The second-order valence-electron chi connectivity index (χ2n) is 3.98. The number of carbonyl (C=O) groups excluding carboxylic acids is 2. The van der Waals surface area contributed by atoms with E-state index >= 15 is 0 Å². The monoisotopic (exact) mass is 290 g/mol. The van der Waals surface area contributed by atoms with Crippen LogP contribution in [0.5, 0.6) is 0 Å². The van der Waals surface area contributed by atoms with Gasteiger partial charge in [-0.25, -0.2) is 5.48 Å². The Morgan fingerprint density at radius 1 is 0.850 bits per heavy atom. The van der Waals surface area contributed by atoms with Gasteiger partial charge < -0.3 is 5.32 Å². The first-order valence-corrected chi connectivity index (χ1v) is 6.09. The quantitative estimate of drug-likeness (QED) is 0.601. The van der Waals surface area contributed by atoms with Gasteiger partial charge in [-0.05, 0) is 48.5 Å². The summed E-state index contributed by atoms with van der Waals surface area (Å²) in [7, 11) is 0. The van der Waals surface area contributed by atoms with Gasteiger partial charge in [0.2, 0.25) is 0 Å². The Morgan fingerprint density at radius 3 is 1.90 bits per heavy atom. The van der Waals surface area contributed by atoms with Gasteiger partial charge in [0.1, 0.15) is 0 Å². The Hall–Kier alpha value is -2.37. The van der Waals surface area contributed by atoms with E-state index < -0.39 is 5.91 Å². The lowest BCUT2D eigenvalue weighted by Crippen LogP contribution is -2.18. The van der Waals surface area contributed by atoms with Crippen molar-refractivity contribution in [2.45, 2.75) is 0 Å². The topological polar surface area (TPSA) is 78.4 Å². The molecule has 2 amide bonds. The van der Waals surface area contributed by atoms with Gasteiger partial charge in [0.25, 0.3) is 11.8 Å². The van der Waals surface area contributed by atoms with E-state index in [2.05, 4.69) is 5.32 Å². The average Bonchev–Trinajstić information content (AvgIpc) is 2.48. The predicted octanol–water partition coefficient (Wildman–Crippen LogP) is 2.71. The molecular weight excluding hydrogens is 280 g/mol. The molecule has 0 aliphatic carbocycles. The van der Waals surface area contributed by atoms with Crippen LogP contribution in [0.25, 0.3) is 0 Å². The standard InChI is InChI=1S/C14H11ClN2O3/c15-11-5-1-9(2-6-11)13(18)16-12-7-3-10(4-8-12)14(19)17-20/h1-8,20H,(H,16,18)(H,17,19). The summed E-state index contributed by atoms with van der Waals surface area (Å²) in [6, 6.07) is 12.6. The number of carbonyl (C=O) groups is 2. The zero-order valence-electron chi connectivity index (χ0n) is 10.3. The Labute approximate surface area is 120 Å². The summed E-state index contributed by atoms with van der Waals surface area (Å²) in [5.74, 6) is -0.887. The van der Waals surface area contributed by atoms with Gasteiger partial charge in [0.15, 0.2) is 0 Å². The molecule has 2 aromatic rings. The summed E-state index contributed by atoms with van der Waals surface area (Å²) < 4.78 is 0. The van der Waals surface area contributed by atoms with Crippen molar-refractivity contribution in [3.05, 3.63) is 64.7 Å². The fourth-order valence-corrected chi connectivity index (χ4v) is 1.70. The lowest BCUT2D eigenvalue weighted by atomic mass is 10.2. The number of hydrogen-bond acceptors (Lipinski definition) is 3. The highest BCUT2D eigenvalue weighted by molar-refractivity contribution is 6.30. The number of halogens is 1. The van der Waals surface area contributed by atoms with Crippen LogP contribution in [0.3, 0.4) is 0 Å². The predicted molar refractivity (Wildman–Crippen MR) is 75.1 cm³/mol. The van der Waals surface area contributed by atoms with Gasteiger partial charge in [-0.1, -0.05) is 11.6 Å². The van der Waals surface area contributed by atoms with Crippen molar-refractivity contribution >= 4 is 29.1 Å². The van der Waals surface area contributed by atoms with Crippen molar-refractivity contribution < 1.29 is 14.8 Å². The molecule has 0 radical (unpaired) electrons. The first-order valence-electron chi connectivity index (χ1n) is 5.71. The molecule has 2 rings (SSSR count). The first-order chi connectivity index (χ1) is 9.60. The minimum absolute atomic E-state index is 0.277. The molecule has 102 valence electrons. The van der Waals surface area contributed by atoms with E-state index in [0.717, 1.165) is 0 Å². The van der Waals surface area contributed by atoms with E-state index in [1.165, 1.54) is 17.6 Å². The summed E-state index contributed by atoms with van der Waals surface area (Å²) >= 11 is 5.75. The zero-order valence-corrected chi connectivity index (χ0v) is 11.0. The molecule has 0 heterocycles. The number of anilines is 1. The molecule has 0 saturated carbocycles. The maximum Gasteiger partial charge on any atom is 0.274 e. The van der Waals surface area contributed by atoms with E-state index in [4.69, 9.17) is 16.8 Å². The third-order valence-corrected chi connectivity index (χ3v) is 2.86. The van der Waals surface area contributed by atoms with Crippen molar-refractivity contribution in [1.82, 2.24) is 5.48 Å². The van der Waals surface area contributed by atoms with E-state index in [1.54, 1.807) is 36.4 Å². The highest BCUT2D eigenvalue weighted by Gasteiger charge is 2.07. The molecule has 2 aromatic carbocycles. The molecule has 5 nitrogen and oxygen atoms in total. The SMILES string of the molecule is O=C(NO)c1ccc(NC(=O)c2ccc(Cl)cc2)cc1. The highest BCUT2D eigenvalue weighted by atomic mass is 35.5. The van der Waals surface area contributed by atoms with Crippen LogP contribution < -0.4 is 10.8 Å². The first kappa shape index (κ1) is 14.0. The molecule has 0 aliphatic rings. The molecule has 0 fully saturated rings. The number of rotatable bonds is 3. The minimum atomic E-state index is -0.611. The van der Waals surface area contributed by atoms with Gasteiger partial charge in [-0.3, -0.25) is 14.8 Å². The smallest absolute Gasteiger partial charge is 0.274 e. The van der Waals surface area contributed by atoms with Crippen LogP contribution >= 0.6 is 11.6 Å². The van der Waals surface area contributed by atoms with Crippen molar-refractivity contribution in [2.24, 2.45) is 0 Å². The third-order valence-electron chi connectivity index (χ3n) is 2.61. The average molecular weight is 291 g/mol. The molecule has 0 atom stereocenters. The van der Waals surface area contributed by atoms with Crippen molar-refractivity contribution in [2.75, 3.05) is 5.32 Å². The van der Waals surface area contributed by atoms with Crippen LogP contribution in [-0.4, -0.2) is 17.0 Å². The van der Waals surface area contributed by atoms with Gasteiger partial charge in [-0.2, -0.15) is 0 Å². The summed E-state index contributed by atoms with van der Waals surface area (Å²) in [4.78, 5) is 23.1. The second-order valence-corrected chi connectivity index (χ2v) is 4.42. The largest absolute Gasteiger partial charge is 0.322 e. The van der Waals surface area contributed by atoms with Crippen molar-refractivity contribution in [3.8, 4) is 0 Å². The molecule has 0 aromatic heterocycles. The molecule has 3 N–H and O–H groups in total. The molecule has 0 saturated heterocycles. The summed E-state index contributed by atoms with van der Waals surface area (Å²) in [6.45, 7) is 0. The van der Waals surface area contributed by atoms with E-state index in [1.807, 2.05) is 0 Å². The molecular formula is C14H11ClN2O3. The molecule has 20 heavy (non-hydrogen) atoms. The van der Waals surface area contributed by atoms with E-state index in [9.17, 15) is 9.59 Å². The molecule has 0 bridgehead atoms. The normalized spacial score (nSPS) is 9.90. The van der Waals surface area contributed by atoms with Crippen LogP contribution in [-0.2, 0) is 0 Å². The molecule has 0 spiro atoms. The third kappa shape index (κ3) is 3.34. The summed E-state index contributed by atoms with van der Waals surface area (Å²) in [5.41, 5.74) is 2.84. The van der Waals surface area contributed by atoms with Crippen LogP contribution in [0.4, 0.5) is 5.69 Å². The second kappa shape index (κ2) is 6.18. The van der Waals surface area contributed by atoms with Crippen LogP contribution in [0.2, 0.25) is 5.02 Å². The zero-order chi connectivity index (χ0) is 14.5. The molecule has 6 heteroatoms. The number of hydroxylamine groups is 1. The number of hydrogen-bond donors (Lipinski definition) is 3. The van der Waals surface area contributed by atoms with Gasteiger partial charge in [0, 0.05) is 21.8 Å². The van der Waals surface area contributed by atoms with Crippen LogP contribution in [0.15, 0.2) is 48.5 Å². The summed E-state index contributed by atoms with van der Waals surface area (Å²) in [5, 5.41) is 11.7.